The van der Waals surface area contributed by atoms with Crippen molar-refractivity contribution in [3.63, 3.8) is 0 Å². The summed E-state index contributed by atoms with van der Waals surface area (Å²) in [5.41, 5.74) is 5.44. The molecular weight excluding hydrogens is 244 g/mol. The molecular formula is C12H22N6O. The van der Waals surface area contributed by atoms with Crippen LogP contribution in [0.2, 0.25) is 0 Å². The lowest BCUT2D eigenvalue weighted by Gasteiger charge is -2.26. The quantitative estimate of drug-likeness (QED) is 0.618. The molecule has 19 heavy (non-hydrogen) atoms. The number of aromatic nitrogens is 2. The highest BCUT2D eigenvalue weighted by atomic mass is 16.5. The maximum absolute atomic E-state index is 5.44. The molecule has 1 saturated heterocycles. The molecule has 2 heterocycles. The smallest absolute Gasteiger partial charge is 0.131 e. The molecule has 0 aromatic carbocycles. The number of morpholine rings is 1. The van der Waals surface area contributed by atoms with Crippen LogP contribution in [0.25, 0.3) is 0 Å². The summed E-state index contributed by atoms with van der Waals surface area (Å²) in [6.45, 7) is 6.85. The molecule has 0 aliphatic carbocycles. The van der Waals surface area contributed by atoms with Crippen molar-refractivity contribution < 1.29 is 4.74 Å². The van der Waals surface area contributed by atoms with Crippen LogP contribution in [-0.2, 0) is 4.74 Å². The normalized spacial score (nSPS) is 16.3. The van der Waals surface area contributed by atoms with Gasteiger partial charge in [0, 0.05) is 45.3 Å². The highest BCUT2D eigenvalue weighted by molar-refractivity contribution is 5.46. The maximum atomic E-state index is 5.44. The third kappa shape index (κ3) is 4.98. The Balaban J connectivity index is 1.72. The average molecular weight is 266 g/mol. The molecule has 1 aromatic rings. The van der Waals surface area contributed by atoms with Gasteiger partial charge in [0.15, 0.2) is 0 Å². The first kappa shape index (κ1) is 14.0. The Labute approximate surface area is 113 Å². The van der Waals surface area contributed by atoms with Gasteiger partial charge in [0.2, 0.25) is 0 Å². The largest absolute Gasteiger partial charge is 0.379 e. The van der Waals surface area contributed by atoms with Gasteiger partial charge in [-0.15, -0.1) is 0 Å². The van der Waals surface area contributed by atoms with Crippen molar-refractivity contribution in [2.75, 3.05) is 63.1 Å². The summed E-state index contributed by atoms with van der Waals surface area (Å²) in [4.78, 5) is 10.7. The predicted molar refractivity (Wildman–Crippen MR) is 75.3 cm³/mol. The first-order valence-corrected chi connectivity index (χ1v) is 6.68. The number of hydrogen-bond donors (Lipinski definition) is 3. The van der Waals surface area contributed by atoms with Gasteiger partial charge in [0.05, 0.1) is 13.2 Å². The molecule has 1 fully saturated rings. The van der Waals surface area contributed by atoms with Crippen LogP contribution >= 0.6 is 0 Å². The van der Waals surface area contributed by atoms with E-state index in [1.165, 1.54) is 0 Å². The van der Waals surface area contributed by atoms with Gasteiger partial charge in [0.1, 0.15) is 18.0 Å². The van der Waals surface area contributed by atoms with E-state index >= 15 is 0 Å². The zero-order valence-electron chi connectivity index (χ0n) is 11.1. The van der Waals surface area contributed by atoms with E-state index in [4.69, 9.17) is 10.5 Å². The fourth-order valence-electron chi connectivity index (χ4n) is 1.92. The SMILES string of the molecule is NCCNc1cc(NCCN2CCOCC2)ncn1. The zero-order chi connectivity index (χ0) is 13.3. The van der Waals surface area contributed by atoms with Gasteiger partial charge in [-0.3, -0.25) is 4.90 Å². The van der Waals surface area contributed by atoms with Gasteiger partial charge in [0.25, 0.3) is 0 Å². The van der Waals surface area contributed by atoms with Gasteiger partial charge in [-0.2, -0.15) is 0 Å². The molecule has 0 saturated carbocycles. The Kier molecular flexibility index (Phi) is 5.80. The molecule has 0 bridgehead atoms. The summed E-state index contributed by atoms with van der Waals surface area (Å²) >= 11 is 0. The fraction of sp³-hybridized carbons (Fsp3) is 0.667. The minimum Gasteiger partial charge on any atom is -0.379 e. The average Bonchev–Trinajstić information content (AvgIpc) is 2.47. The Bertz CT molecular complexity index is 369. The van der Waals surface area contributed by atoms with Crippen molar-refractivity contribution >= 4 is 11.6 Å². The molecule has 0 unspecified atom stereocenters. The summed E-state index contributed by atoms with van der Waals surface area (Å²) in [7, 11) is 0. The number of nitrogens with one attached hydrogen (secondary N) is 2. The third-order valence-electron chi connectivity index (χ3n) is 2.96. The third-order valence-corrected chi connectivity index (χ3v) is 2.96. The van der Waals surface area contributed by atoms with Crippen LogP contribution in [0.5, 0.6) is 0 Å². The lowest BCUT2D eigenvalue weighted by molar-refractivity contribution is 0.0398. The van der Waals surface area contributed by atoms with E-state index in [-0.39, 0.29) is 0 Å². The molecule has 1 aromatic heterocycles. The van der Waals surface area contributed by atoms with Crippen LogP contribution in [0.4, 0.5) is 11.6 Å². The van der Waals surface area contributed by atoms with E-state index in [0.29, 0.717) is 13.1 Å². The minimum atomic E-state index is 0.587. The number of ether oxygens (including phenoxy) is 1. The first-order valence-electron chi connectivity index (χ1n) is 6.68. The van der Waals surface area contributed by atoms with Crippen molar-refractivity contribution in [3.05, 3.63) is 12.4 Å². The maximum Gasteiger partial charge on any atom is 0.131 e. The van der Waals surface area contributed by atoms with Crippen molar-refractivity contribution in [1.29, 1.82) is 0 Å². The Morgan fingerprint density at radius 3 is 2.53 bits per heavy atom. The van der Waals surface area contributed by atoms with Crippen LogP contribution < -0.4 is 16.4 Å². The fourth-order valence-corrected chi connectivity index (χ4v) is 1.92. The minimum absolute atomic E-state index is 0.587. The molecule has 0 amide bonds. The van der Waals surface area contributed by atoms with Crippen molar-refractivity contribution in [2.24, 2.45) is 5.73 Å². The summed E-state index contributed by atoms with van der Waals surface area (Å²) in [6, 6.07) is 1.90. The Morgan fingerprint density at radius 1 is 1.16 bits per heavy atom. The second-order valence-corrected chi connectivity index (χ2v) is 4.38. The van der Waals surface area contributed by atoms with E-state index in [9.17, 15) is 0 Å². The predicted octanol–water partition coefficient (Wildman–Crippen LogP) is -0.409. The lowest BCUT2D eigenvalue weighted by Crippen LogP contribution is -2.39. The van der Waals surface area contributed by atoms with Crippen LogP contribution in [0.15, 0.2) is 12.4 Å². The summed E-state index contributed by atoms with van der Waals surface area (Å²) in [5.74, 6) is 1.64. The molecule has 7 heteroatoms. The van der Waals surface area contributed by atoms with Gasteiger partial charge >= 0.3 is 0 Å². The summed E-state index contributed by atoms with van der Waals surface area (Å²) in [5, 5.41) is 6.44. The first-order chi connectivity index (χ1) is 9.38. The van der Waals surface area contributed by atoms with E-state index in [0.717, 1.165) is 51.0 Å². The van der Waals surface area contributed by atoms with Crippen LogP contribution in [0.3, 0.4) is 0 Å². The summed E-state index contributed by atoms with van der Waals surface area (Å²) < 4.78 is 5.32. The molecule has 1 aliphatic rings. The standard InChI is InChI=1S/C12H22N6O/c13-1-2-14-11-9-12(17-10-16-11)15-3-4-18-5-7-19-8-6-18/h9-10H,1-8,13H2,(H2,14,15,16,17). The van der Waals surface area contributed by atoms with Crippen molar-refractivity contribution in [3.8, 4) is 0 Å². The lowest BCUT2D eigenvalue weighted by atomic mass is 10.4. The number of hydrogen-bond acceptors (Lipinski definition) is 7. The molecule has 4 N–H and O–H groups in total. The van der Waals surface area contributed by atoms with Gasteiger partial charge in [-0.25, -0.2) is 9.97 Å². The second kappa shape index (κ2) is 7.88. The topological polar surface area (TPSA) is 88.3 Å². The molecule has 7 nitrogen and oxygen atoms in total. The monoisotopic (exact) mass is 266 g/mol. The van der Waals surface area contributed by atoms with Gasteiger partial charge < -0.3 is 21.1 Å². The molecule has 0 atom stereocenters. The van der Waals surface area contributed by atoms with Crippen molar-refractivity contribution in [1.82, 2.24) is 14.9 Å². The molecule has 1 aliphatic heterocycles. The number of rotatable bonds is 7. The zero-order valence-corrected chi connectivity index (χ0v) is 11.1. The number of anilines is 2. The molecule has 0 spiro atoms. The van der Waals surface area contributed by atoms with E-state index in [2.05, 4.69) is 25.5 Å². The molecule has 0 radical (unpaired) electrons. The Morgan fingerprint density at radius 2 is 1.84 bits per heavy atom. The van der Waals surface area contributed by atoms with E-state index in [1.807, 2.05) is 6.07 Å². The molecule has 2 rings (SSSR count). The highest BCUT2D eigenvalue weighted by Gasteiger charge is 2.09. The Hall–Kier alpha value is -1.44. The van der Waals surface area contributed by atoms with Gasteiger partial charge in [-0.1, -0.05) is 0 Å². The van der Waals surface area contributed by atoms with Crippen LogP contribution in [0, 0.1) is 0 Å². The number of nitrogens with two attached hydrogens (primary N) is 1. The van der Waals surface area contributed by atoms with E-state index < -0.39 is 0 Å². The van der Waals surface area contributed by atoms with Crippen LogP contribution in [-0.4, -0.2) is 67.4 Å². The van der Waals surface area contributed by atoms with Crippen molar-refractivity contribution in [2.45, 2.75) is 0 Å². The molecule has 106 valence electrons. The van der Waals surface area contributed by atoms with E-state index in [1.54, 1.807) is 6.33 Å². The van der Waals surface area contributed by atoms with Gasteiger partial charge in [-0.05, 0) is 0 Å². The second-order valence-electron chi connectivity index (χ2n) is 4.38. The number of nitrogens with zero attached hydrogens (tertiary/aromatic N) is 3. The summed E-state index contributed by atoms with van der Waals surface area (Å²) in [6.07, 6.45) is 1.55. The highest BCUT2D eigenvalue weighted by Crippen LogP contribution is 2.07. The van der Waals surface area contributed by atoms with Crippen LogP contribution in [0.1, 0.15) is 0 Å².